The van der Waals surface area contributed by atoms with Crippen molar-refractivity contribution in [3.8, 4) is 0 Å². The second kappa shape index (κ2) is 11.7. The molecule has 0 aliphatic carbocycles. The highest BCUT2D eigenvalue weighted by Gasteiger charge is 2.23. The minimum absolute atomic E-state index is 0. The number of hydrogen-bond donors (Lipinski definition) is 1. The van der Waals surface area contributed by atoms with Gasteiger partial charge in [0.25, 0.3) is 0 Å². The maximum absolute atomic E-state index is 12.5. The number of rotatable bonds is 5. The molecule has 2 fully saturated rings. The largest absolute Gasteiger partial charge is 0.342 e. The molecule has 1 aromatic heterocycles. The van der Waals surface area contributed by atoms with E-state index >= 15 is 0 Å². The number of piperazine rings is 1. The smallest absolute Gasteiger partial charge is 0.240 e. The summed E-state index contributed by atoms with van der Waals surface area (Å²) in [7, 11) is 0. The Hall–Kier alpha value is -0.930. The van der Waals surface area contributed by atoms with Gasteiger partial charge in [0.15, 0.2) is 5.82 Å². The van der Waals surface area contributed by atoms with Gasteiger partial charge >= 0.3 is 0 Å². The zero-order valence-corrected chi connectivity index (χ0v) is 16.8. The van der Waals surface area contributed by atoms with Crippen LogP contribution in [0.5, 0.6) is 0 Å². The van der Waals surface area contributed by atoms with E-state index in [0.29, 0.717) is 24.8 Å². The topological polar surface area (TPSA) is 91.7 Å². The van der Waals surface area contributed by atoms with Crippen LogP contribution in [0.25, 0.3) is 0 Å². The molecule has 2 aliphatic heterocycles. The van der Waals surface area contributed by atoms with Crippen molar-refractivity contribution in [3.05, 3.63) is 11.7 Å². The molecule has 3 rings (SSSR count). The van der Waals surface area contributed by atoms with Crippen molar-refractivity contribution >= 4 is 30.7 Å². The van der Waals surface area contributed by atoms with E-state index in [1.165, 1.54) is 12.8 Å². The second-order valence-corrected chi connectivity index (χ2v) is 6.66. The van der Waals surface area contributed by atoms with Gasteiger partial charge in [-0.25, -0.2) is 0 Å². The van der Waals surface area contributed by atoms with Crippen LogP contribution < -0.4 is 5.73 Å². The Morgan fingerprint density at radius 1 is 0.962 bits per heavy atom. The molecule has 26 heavy (non-hydrogen) atoms. The molecule has 3 heterocycles. The Labute approximate surface area is 167 Å². The van der Waals surface area contributed by atoms with Crippen LogP contribution in [0.15, 0.2) is 4.52 Å². The summed E-state index contributed by atoms with van der Waals surface area (Å²) in [5.74, 6) is 1.45. The number of amides is 1. The monoisotopic (exact) mass is 408 g/mol. The van der Waals surface area contributed by atoms with E-state index in [0.717, 1.165) is 52.1 Å². The van der Waals surface area contributed by atoms with Crippen molar-refractivity contribution in [1.82, 2.24) is 24.8 Å². The molecule has 8 nitrogen and oxygen atoms in total. The number of nitrogens with zero attached hydrogens (tertiary/aromatic N) is 5. The average Bonchev–Trinajstić information content (AvgIpc) is 2.87. The molecule has 0 unspecified atom stereocenters. The predicted molar refractivity (Wildman–Crippen MR) is 103 cm³/mol. The maximum atomic E-state index is 12.5. The van der Waals surface area contributed by atoms with Crippen molar-refractivity contribution in [2.24, 2.45) is 5.73 Å². The van der Waals surface area contributed by atoms with Gasteiger partial charge in [-0.15, -0.1) is 24.8 Å². The van der Waals surface area contributed by atoms with Crippen molar-refractivity contribution in [3.63, 3.8) is 0 Å². The van der Waals surface area contributed by atoms with Crippen LogP contribution in [-0.2, 0) is 17.9 Å². The van der Waals surface area contributed by atoms with Crippen LogP contribution >= 0.6 is 24.8 Å². The van der Waals surface area contributed by atoms with Gasteiger partial charge in [0.1, 0.15) is 0 Å². The molecule has 0 saturated carbocycles. The highest BCUT2D eigenvalue weighted by Crippen LogP contribution is 2.11. The molecule has 2 saturated heterocycles. The van der Waals surface area contributed by atoms with Crippen molar-refractivity contribution in [2.45, 2.75) is 38.8 Å². The van der Waals surface area contributed by atoms with Gasteiger partial charge in [-0.05, 0) is 12.8 Å². The molecule has 10 heteroatoms. The van der Waals surface area contributed by atoms with Gasteiger partial charge in [-0.1, -0.05) is 18.0 Å². The van der Waals surface area contributed by atoms with Crippen molar-refractivity contribution in [2.75, 3.05) is 45.8 Å². The van der Waals surface area contributed by atoms with Crippen LogP contribution in [0.4, 0.5) is 0 Å². The van der Waals surface area contributed by atoms with E-state index in [1.807, 2.05) is 4.90 Å². The average molecular weight is 409 g/mol. The fourth-order valence-corrected chi connectivity index (χ4v) is 3.35. The zero-order valence-electron chi connectivity index (χ0n) is 15.1. The van der Waals surface area contributed by atoms with Gasteiger partial charge < -0.3 is 15.2 Å². The van der Waals surface area contributed by atoms with Crippen LogP contribution in [0.3, 0.4) is 0 Å². The minimum atomic E-state index is 0. The predicted octanol–water partition coefficient (Wildman–Crippen LogP) is 0.892. The fraction of sp³-hybridized carbons (Fsp3) is 0.812. The summed E-state index contributed by atoms with van der Waals surface area (Å²) in [6, 6.07) is 0. The van der Waals surface area contributed by atoms with Crippen LogP contribution in [0, 0.1) is 0 Å². The van der Waals surface area contributed by atoms with Crippen LogP contribution in [0.2, 0.25) is 0 Å². The lowest BCUT2D eigenvalue weighted by Crippen LogP contribution is -2.50. The van der Waals surface area contributed by atoms with Crippen molar-refractivity contribution < 1.29 is 9.32 Å². The lowest BCUT2D eigenvalue weighted by molar-refractivity contribution is -0.132. The normalized spacial score (nSPS) is 19.3. The molecular weight excluding hydrogens is 379 g/mol. The number of halogens is 2. The first-order valence-electron chi connectivity index (χ1n) is 8.98. The van der Waals surface area contributed by atoms with Gasteiger partial charge in [-0.2, -0.15) is 4.98 Å². The van der Waals surface area contributed by atoms with Gasteiger partial charge in [0.2, 0.25) is 11.8 Å². The number of carbonyl (C=O) groups excluding carboxylic acids is 1. The summed E-state index contributed by atoms with van der Waals surface area (Å²) in [6.45, 7) is 7.01. The lowest BCUT2D eigenvalue weighted by atomic mass is 10.2. The third-order valence-corrected chi connectivity index (χ3v) is 4.83. The Balaban J connectivity index is 0.00000169. The Morgan fingerprint density at radius 3 is 2.15 bits per heavy atom. The highest BCUT2D eigenvalue weighted by atomic mass is 35.5. The third-order valence-electron chi connectivity index (χ3n) is 4.83. The van der Waals surface area contributed by atoms with E-state index in [4.69, 9.17) is 10.3 Å². The van der Waals surface area contributed by atoms with Gasteiger partial charge in [-0.3, -0.25) is 14.6 Å². The highest BCUT2D eigenvalue weighted by molar-refractivity contribution is 5.85. The maximum Gasteiger partial charge on any atom is 0.240 e. The molecule has 0 spiro atoms. The molecule has 0 radical (unpaired) electrons. The Bertz CT molecular complexity index is 529. The molecule has 2 aliphatic rings. The SMILES string of the molecule is Cl.Cl.NCc1nc(CN2CCN(CC(=O)N3CCCCCC3)CC2)no1. The quantitative estimate of drug-likeness (QED) is 0.772. The minimum Gasteiger partial charge on any atom is -0.342 e. The fourth-order valence-electron chi connectivity index (χ4n) is 3.35. The first-order chi connectivity index (χ1) is 11.7. The first kappa shape index (κ1) is 23.1. The lowest BCUT2D eigenvalue weighted by Gasteiger charge is -2.34. The molecule has 150 valence electrons. The number of carbonyl (C=O) groups is 1. The zero-order chi connectivity index (χ0) is 16.8. The van der Waals surface area contributed by atoms with E-state index in [9.17, 15) is 4.79 Å². The molecule has 2 N–H and O–H groups in total. The van der Waals surface area contributed by atoms with Gasteiger partial charge in [0, 0.05) is 39.3 Å². The summed E-state index contributed by atoms with van der Waals surface area (Å²) >= 11 is 0. The third kappa shape index (κ3) is 6.66. The van der Waals surface area contributed by atoms with E-state index in [2.05, 4.69) is 19.9 Å². The van der Waals surface area contributed by atoms with Crippen LogP contribution in [-0.4, -0.2) is 76.6 Å². The number of hydrogen-bond acceptors (Lipinski definition) is 7. The number of likely N-dealkylation sites (tertiary alicyclic amines) is 1. The Kier molecular flexibility index (Phi) is 10.4. The van der Waals surface area contributed by atoms with Crippen molar-refractivity contribution in [1.29, 1.82) is 0 Å². The van der Waals surface area contributed by atoms with E-state index < -0.39 is 0 Å². The molecular formula is C16H30Cl2N6O2. The first-order valence-corrected chi connectivity index (χ1v) is 8.98. The van der Waals surface area contributed by atoms with E-state index in [-0.39, 0.29) is 37.3 Å². The molecule has 0 aromatic carbocycles. The number of nitrogens with two attached hydrogens (primary N) is 1. The molecule has 1 amide bonds. The summed E-state index contributed by atoms with van der Waals surface area (Å²) < 4.78 is 5.03. The molecule has 0 atom stereocenters. The summed E-state index contributed by atoms with van der Waals surface area (Å²) in [6.07, 6.45) is 4.80. The summed E-state index contributed by atoms with van der Waals surface area (Å²) in [4.78, 5) is 23.3. The molecule has 0 bridgehead atoms. The summed E-state index contributed by atoms with van der Waals surface area (Å²) in [5.41, 5.74) is 5.48. The van der Waals surface area contributed by atoms with Gasteiger partial charge in [0.05, 0.1) is 19.6 Å². The standard InChI is InChI=1S/C16H28N6O2.2ClH/c17-11-15-18-14(19-24-15)12-20-7-9-21(10-8-20)13-16(23)22-5-3-1-2-4-6-22;;/h1-13,17H2;2*1H. The Morgan fingerprint density at radius 2 is 1.58 bits per heavy atom. The van der Waals surface area contributed by atoms with Crippen LogP contribution in [0.1, 0.15) is 37.4 Å². The number of aromatic nitrogens is 2. The second-order valence-electron chi connectivity index (χ2n) is 6.66. The summed E-state index contributed by atoms with van der Waals surface area (Å²) in [5, 5.41) is 3.94. The van der Waals surface area contributed by atoms with E-state index in [1.54, 1.807) is 0 Å². The molecule has 1 aromatic rings.